The highest BCUT2D eigenvalue weighted by Gasteiger charge is 2.36. The van der Waals surface area contributed by atoms with Gasteiger partial charge in [-0.2, -0.15) is 0 Å². The van der Waals surface area contributed by atoms with Gasteiger partial charge in [0.15, 0.2) is 5.13 Å². The molecule has 0 radical (unpaired) electrons. The van der Waals surface area contributed by atoms with Crippen LogP contribution in [0.15, 0.2) is 0 Å². The monoisotopic (exact) mass is 439 g/mol. The third-order valence-corrected chi connectivity index (χ3v) is 5.83. The van der Waals surface area contributed by atoms with E-state index in [1.54, 1.807) is 4.88 Å². The van der Waals surface area contributed by atoms with Gasteiger partial charge in [0.05, 0.1) is 5.69 Å². The van der Waals surface area contributed by atoms with Crippen LogP contribution >= 0.6 is 45.3 Å². The first-order chi connectivity index (χ1) is 9.19. The van der Waals surface area contributed by atoms with Crippen molar-refractivity contribution < 1.29 is 0 Å². The molecule has 3 rings (SSSR count). The second-order valence-corrected chi connectivity index (χ2v) is 7.24. The average Bonchev–Trinajstić information content (AvgIpc) is 2.80. The van der Waals surface area contributed by atoms with E-state index in [-0.39, 0.29) is 34.0 Å². The van der Waals surface area contributed by atoms with Crippen molar-refractivity contribution in [2.24, 2.45) is 5.92 Å². The van der Waals surface area contributed by atoms with Gasteiger partial charge in [0, 0.05) is 25.0 Å². The second kappa shape index (κ2) is 8.27. The molecule has 0 aromatic carbocycles. The van der Waals surface area contributed by atoms with Gasteiger partial charge in [0.2, 0.25) is 0 Å². The fourth-order valence-corrected chi connectivity index (χ4v) is 4.69. The minimum atomic E-state index is 0. The highest BCUT2D eigenvalue weighted by molar-refractivity contribution is 8.93. The molecule has 1 aliphatic carbocycles. The van der Waals surface area contributed by atoms with Crippen molar-refractivity contribution in [3.63, 3.8) is 0 Å². The summed E-state index contributed by atoms with van der Waals surface area (Å²) in [6, 6.07) is 0.789. The van der Waals surface area contributed by atoms with Gasteiger partial charge in [-0.05, 0) is 51.1 Å². The number of hydrogen-bond acceptors (Lipinski definition) is 4. The summed E-state index contributed by atoms with van der Waals surface area (Å²) in [5, 5.41) is 1.19. The van der Waals surface area contributed by atoms with Crippen molar-refractivity contribution >= 4 is 50.4 Å². The molecule has 1 aromatic rings. The largest absolute Gasteiger partial charge is 0.354 e. The Morgan fingerprint density at radius 3 is 2.71 bits per heavy atom. The fourth-order valence-electron chi connectivity index (χ4n) is 3.63. The lowest BCUT2D eigenvalue weighted by Crippen LogP contribution is -2.49. The van der Waals surface area contributed by atoms with Crippen LogP contribution in [-0.2, 0) is 12.8 Å². The van der Waals surface area contributed by atoms with E-state index in [2.05, 4.69) is 30.8 Å². The van der Waals surface area contributed by atoms with Crippen LogP contribution in [0.4, 0.5) is 5.13 Å². The summed E-state index contributed by atoms with van der Waals surface area (Å²) in [7, 11) is 4.20. The zero-order valence-corrected chi connectivity index (χ0v) is 17.4. The Labute approximate surface area is 153 Å². The molecule has 2 aliphatic rings. The topological polar surface area (TPSA) is 19.4 Å². The lowest BCUT2D eigenvalue weighted by atomic mass is 9.79. The van der Waals surface area contributed by atoms with Crippen LogP contribution in [0.5, 0.6) is 0 Å². The summed E-state index contributed by atoms with van der Waals surface area (Å²) in [6.07, 6.45) is 6.51. The summed E-state index contributed by atoms with van der Waals surface area (Å²) < 4.78 is 0. The first kappa shape index (κ1) is 19.4. The standard InChI is InChI=1S/C15H25N3S.2BrH/c1-4-7-18-8-5-6-11-9-12-14(10-13(11)18)19-15(16-12)17(2)3;;/h11,13H,4-10H2,1-3H3;2*1H. The molecule has 2 atom stereocenters. The summed E-state index contributed by atoms with van der Waals surface area (Å²) in [6.45, 7) is 4.88. The Morgan fingerprint density at radius 1 is 1.29 bits per heavy atom. The van der Waals surface area contributed by atoms with Crippen molar-refractivity contribution in [1.29, 1.82) is 0 Å². The normalized spacial score (nSPS) is 24.3. The maximum atomic E-state index is 4.84. The van der Waals surface area contributed by atoms with E-state index in [0.29, 0.717) is 0 Å². The molecule has 1 aliphatic heterocycles. The Kier molecular flexibility index (Phi) is 7.64. The third kappa shape index (κ3) is 4.01. The lowest BCUT2D eigenvalue weighted by Gasteiger charge is -2.43. The molecule has 21 heavy (non-hydrogen) atoms. The van der Waals surface area contributed by atoms with Crippen molar-refractivity contribution in [3.05, 3.63) is 10.6 Å². The molecule has 1 aromatic heterocycles. The lowest BCUT2D eigenvalue weighted by molar-refractivity contribution is 0.0857. The first-order valence-corrected chi connectivity index (χ1v) is 8.40. The maximum absolute atomic E-state index is 4.84. The molecule has 122 valence electrons. The van der Waals surface area contributed by atoms with Crippen molar-refractivity contribution in [2.45, 2.75) is 45.1 Å². The minimum absolute atomic E-state index is 0. The summed E-state index contributed by atoms with van der Waals surface area (Å²) in [4.78, 5) is 11.3. The molecule has 2 unspecified atom stereocenters. The molecule has 1 fully saturated rings. The molecule has 1 saturated heterocycles. The van der Waals surface area contributed by atoms with Gasteiger partial charge in [-0.25, -0.2) is 4.98 Å². The predicted octanol–water partition coefficient (Wildman–Crippen LogP) is 3.95. The van der Waals surface area contributed by atoms with E-state index in [4.69, 9.17) is 4.98 Å². The van der Waals surface area contributed by atoms with Gasteiger partial charge in [-0.3, -0.25) is 4.90 Å². The third-order valence-electron chi connectivity index (χ3n) is 4.54. The van der Waals surface area contributed by atoms with E-state index < -0.39 is 0 Å². The number of hydrogen-bond donors (Lipinski definition) is 0. The zero-order chi connectivity index (χ0) is 13.4. The molecule has 3 nitrogen and oxygen atoms in total. The van der Waals surface area contributed by atoms with Gasteiger partial charge < -0.3 is 4.90 Å². The molecule has 0 saturated carbocycles. The smallest absolute Gasteiger partial charge is 0.185 e. The van der Waals surface area contributed by atoms with Crippen molar-refractivity contribution in [3.8, 4) is 0 Å². The summed E-state index contributed by atoms with van der Waals surface area (Å²) in [5.41, 5.74) is 1.40. The molecule has 6 heteroatoms. The molecular weight excluding hydrogens is 414 g/mol. The van der Waals surface area contributed by atoms with Crippen LogP contribution in [0.3, 0.4) is 0 Å². The predicted molar refractivity (Wildman–Crippen MR) is 103 cm³/mol. The van der Waals surface area contributed by atoms with Gasteiger partial charge in [-0.1, -0.05) is 6.92 Å². The van der Waals surface area contributed by atoms with Gasteiger partial charge in [0.25, 0.3) is 0 Å². The molecule has 2 heterocycles. The average molecular weight is 441 g/mol. The van der Waals surface area contributed by atoms with Crippen LogP contribution in [0, 0.1) is 5.92 Å². The Hall–Kier alpha value is 0.350. The number of likely N-dealkylation sites (tertiary alicyclic amines) is 1. The maximum Gasteiger partial charge on any atom is 0.185 e. The van der Waals surface area contributed by atoms with E-state index in [9.17, 15) is 0 Å². The van der Waals surface area contributed by atoms with Crippen LogP contribution < -0.4 is 4.90 Å². The number of aromatic nitrogens is 1. The number of halogens is 2. The first-order valence-electron chi connectivity index (χ1n) is 7.59. The Balaban J connectivity index is 0.00000110. The van der Waals surface area contributed by atoms with Gasteiger partial charge >= 0.3 is 0 Å². The van der Waals surface area contributed by atoms with E-state index >= 15 is 0 Å². The Morgan fingerprint density at radius 2 is 2.05 bits per heavy atom. The van der Waals surface area contributed by atoms with Crippen LogP contribution in [0.2, 0.25) is 0 Å². The highest BCUT2D eigenvalue weighted by atomic mass is 79.9. The molecule has 0 N–H and O–H groups in total. The van der Waals surface area contributed by atoms with Crippen LogP contribution in [0.25, 0.3) is 0 Å². The number of rotatable bonds is 3. The number of thiazole rings is 1. The quantitative estimate of drug-likeness (QED) is 0.709. The molecule has 0 spiro atoms. The molecule has 0 amide bonds. The van der Waals surface area contributed by atoms with Crippen LogP contribution in [-0.4, -0.2) is 43.1 Å². The van der Waals surface area contributed by atoms with E-state index in [1.165, 1.54) is 56.0 Å². The van der Waals surface area contributed by atoms with E-state index in [1.807, 2.05) is 11.3 Å². The summed E-state index contributed by atoms with van der Waals surface area (Å²) in [5.74, 6) is 0.852. The second-order valence-electron chi connectivity index (χ2n) is 6.17. The number of fused-ring (bicyclic) bond motifs is 2. The van der Waals surface area contributed by atoms with Gasteiger partial charge in [0.1, 0.15) is 0 Å². The molecule has 0 bridgehead atoms. The van der Waals surface area contributed by atoms with E-state index in [0.717, 1.165) is 12.0 Å². The zero-order valence-electron chi connectivity index (χ0n) is 13.2. The Bertz CT molecular complexity index is 448. The van der Waals surface area contributed by atoms with Crippen LogP contribution in [0.1, 0.15) is 36.8 Å². The fraction of sp³-hybridized carbons (Fsp3) is 0.800. The highest BCUT2D eigenvalue weighted by Crippen LogP contribution is 2.38. The van der Waals surface area contributed by atoms with Crippen molar-refractivity contribution in [2.75, 3.05) is 32.1 Å². The SMILES string of the molecule is Br.Br.CCCN1CCCC2Cc3nc(N(C)C)sc3CC21. The number of piperidine rings is 1. The van der Waals surface area contributed by atoms with Crippen molar-refractivity contribution in [1.82, 2.24) is 9.88 Å². The molecular formula is C15H27Br2N3S. The van der Waals surface area contributed by atoms with Gasteiger partial charge in [-0.15, -0.1) is 45.3 Å². The number of nitrogens with zero attached hydrogens (tertiary/aromatic N) is 3. The summed E-state index contributed by atoms with van der Waals surface area (Å²) >= 11 is 1.91. The minimum Gasteiger partial charge on any atom is -0.354 e. The number of anilines is 1.